The zero-order valence-corrected chi connectivity index (χ0v) is 15.3. The van der Waals surface area contributed by atoms with Crippen molar-refractivity contribution in [1.29, 1.82) is 0 Å². The van der Waals surface area contributed by atoms with Crippen LogP contribution in [0.5, 0.6) is 0 Å². The summed E-state index contributed by atoms with van der Waals surface area (Å²) in [5.41, 5.74) is 1.10. The van der Waals surface area contributed by atoms with Gasteiger partial charge in [-0.2, -0.15) is 0 Å². The maximum Gasteiger partial charge on any atom is 0.337 e. The fraction of sp³-hybridized carbons (Fsp3) is 0.312. The van der Waals surface area contributed by atoms with Crippen LogP contribution in [-0.4, -0.2) is 39.1 Å². The molecule has 10 heteroatoms. The number of carbonyl (C=O) groups is 2. The zero-order valence-electron chi connectivity index (χ0n) is 14.5. The SMILES string of the molecule is COC(=O)c1ccc(NC(=O)CCNS(=O)(=O)c2c(C)noc2C)cc1. The van der Waals surface area contributed by atoms with Crippen LogP contribution in [0.4, 0.5) is 5.69 Å². The second-order valence-electron chi connectivity index (χ2n) is 5.42. The first-order chi connectivity index (χ1) is 12.2. The molecule has 0 fully saturated rings. The van der Waals surface area contributed by atoms with E-state index in [1.807, 2.05) is 0 Å². The number of aromatic nitrogens is 1. The standard InChI is InChI=1S/C16H19N3O6S/c1-10-15(11(2)25-19-10)26(22,23)17-9-8-14(20)18-13-6-4-12(5-7-13)16(21)24-3/h4-7,17H,8-9H2,1-3H3,(H,18,20). The molecule has 0 aliphatic carbocycles. The van der Waals surface area contributed by atoms with Crippen molar-refractivity contribution < 1.29 is 27.3 Å². The lowest BCUT2D eigenvalue weighted by Crippen LogP contribution is -2.28. The van der Waals surface area contributed by atoms with E-state index in [0.29, 0.717) is 11.3 Å². The Bertz CT molecular complexity index is 883. The molecule has 0 saturated carbocycles. The number of nitrogens with one attached hydrogen (secondary N) is 2. The number of aryl methyl sites for hydroxylation is 2. The molecule has 26 heavy (non-hydrogen) atoms. The van der Waals surface area contributed by atoms with Gasteiger partial charge in [-0.1, -0.05) is 5.16 Å². The lowest BCUT2D eigenvalue weighted by molar-refractivity contribution is -0.116. The molecule has 1 aromatic heterocycles. The number of hydrogen-bond acceptors (Lipinski definition) is 7. The Kier molecular flexibility index (Phi) is 6.11. The summed E-state index contributed by atoms with van der Waals surface area (Å²) in [6, 6.07) is 6.14. The number of amides is 1. The second kappa shape index (κ2) is 8.11. The first-order valence-corrected chi connectivity index (χ1v) is 9.13. The van der Waals surface area contributed by atoms with Gasteiger partial charge in [0.25, 0.3) is 0 Å². The van der Waals surface area contributed by atoms with Gasteiger partial charge in [-0.15, -0.1) is 0 Å². The van der Waals surface area contributed by atoms with E-state index in [4.69, 9.17) is 4.52 Å². The molecule has 0 radical (unpaired) electrons. The van der Waals surface area contributed by atoms with Gasteiger partial charge in [-0.05, 0) is 38.1 Å². The van der Waals surface area contributed by atoms with E-state index < -0.39 is 16.0 Å². The third kappa shape index (κ3) is 4.67. The number of sulfonamides is 1. The van der Waals surface area contributed by atoms with Crippen LogP contribution in [0.1, 0.15) is 28.2 Å². The Morgan fingerprint density at radius 2 is 1.85 bits per heavy atom. The molecular formula is C16H19N3O6S. The Labute approximate surface area is 150 Å². The highest BCUT2D eigenvalue weighted by molar-refractivity contribution is 7.89. The Morgan fingerprint density at radius 1 is 1.19 bits per heavy atom. The molecule has 0 saturated heterocycles. The van der Waals surface area contributed by atoms with Crippen molar-refractivity contribution in [2.45, 2.75) is 25.2 Å². The molecule has 1 aromatic carbocycles. The van der Waals surface area contributed by atoms with Crippen LogP contribution in [0, 0.1) is 13.8 Å². The smallest absolute Gasteiger partial charge is 0.337 e. The molecule has 140 valence electrons. The third-order valence-electron chi connectivity index (χ3n) is 3.47. The number of methoxy groups -OCH3 is 1. The van der Waals surface area contributed by atoms with Crippen molar-refractivity contribution in [3.05, 3.63) is 41.3 Å². The van der Waals surface area contributed by atoms with E-state index >= 15 is 0 Å². The lowest BCUT2D eigenvalue weighted by atomic mass is 10.2. The number of carbonyl (C=O) groups excluding carboxylic acids is 2. The molecule has 2 aromatic rings. The molecule has 1 heterocycles. The highest BCUT2D eigenvalue weighted by atomic mass is 32.2. The first-order valence-electron chi connectivity index (χ1n) is 7.65. The summed E-state index contributed by atoms with van der Waals surface area (Å²) in [5.74, 6) is -0.668. The molecule has 0 spiro atoms. The second-order valence-corrected chi connectivity index (χ2v) is 7.12. The van der Waals surface area contributed by atoms with E-state index in [-0.39, 0.29) is 35.2 Å². The van der Waals surface area contributed by atoms with Crippen LogP contribution in [0.15, 0.2) is 33.7 Å². The normalized spacial score (nSPS) is 11.2. The molecule has 2 N–H and O–H groups in total. The summed E-state index contributed by atoms with van der Waals surface area (Å²) in [4.78, 5) is 23.2. The summed E-state index contributed by atoms with van der Waals surface area (Å²) in [5, 5.41) is 6.21. The summed E-state index contributed by atoms with van der Waals surface area (Å²) >= 11 is 0. The number of benzene rings is 1. The van der Waals surface area contributed by atoms with Crippen LogP contribution >= 0.6 is 0 Å². The quantitative estimate of drug-likeness (QED) is 0.694. The minimum absolute atomic E-state index is 0.0173. The van der Waals surface area contributed by atoms with Crippen LogP contribution in [0.2, 0.25) is 0 Å². The van der Waals surface area contributed by atoms with E-state index in [1.54, 1.807) is 12.1 Å². The van der Waals surface area contributed by atoms with Gasteiger partial charge < -0.3 is 14.6 Å². The van der Waals surface area contributed by atoms with Gasteiger partial charge in [0.2, 0.25) is 15.9 Å². The number of nitrogens with zero attached hydrogens (tertiary/aromatic N) is 1. The van der Waals surface area contributed by atoms with Crippen LogP contribution < -0.4 is 10.0 Å². The largest absolute Gasteiger partial charge is 0.465 e. The predicted molar refractivity (Wildman–Crippen MR) is 92.2 cm³/mol. The van der Waals surface area contributed by atoms with Crippen molar-refractivity contribution in [2.75, 3.05) is 19.0 Å². The van der Waals surface area contributed by atoms with Crippen molar-refractivity contribution in [2.24, 2.45) is 0 Å². The molecule has 9 nitrogen and oxygen atoms in total. The molecule has 1 amide bonds. The fourth-order valence-corrected chi connectivity index (χ4v) is 3.62. The maximum atomic E-state index is 12.2. The van der Waals surface area contributed by atoms with Gasteiger partial charge in [0.15, 0.2) is 5.76 Å². The summed E-state index contributed by atoms with van der Waals surface area (Å²) in [6.45, 7) is 2.94. The Hall–Kier alpha value is -2.72. The van der Waals surface area contributed by atoms with Gasteiger partial charge >= 0.3 is 5.97 Å². The van der Waals surface area contributed by atoms with Gasteiger partial charge in [-0.3, -0.25) is 4.79 Å². The molecule has 0 atom stereocenters. The number of anilines is 1. The van der Waals surface area contributed by atoms with Gasteiger partial charge in [-0.25, -0.2) is 17.9 Å². The van der Waals surface area contributed by atoms with Crippen molar-refractivity contribution in [3.63, 3.8) is 0 Å². The van der Waals surface area contributed by atoms with Crippen molar-refractivity contribution in [1.82, 2.24) is 9.88 Å². The maximum absolute atomic E-state index is 12.2. The van der Waals surface area contributed by atoms with Crippen LogP contribution in [0.3, 0.4) is 0 Å². The lowest BCUT2D eigenvalue weighted by Gasteiger charge is -2.08. The minimum atomic E-state index is -3.80. The van der Waals surface area contributed by atoms with E-state index in [9.17, 15) is 18.0 Å². The number of hydrogen-bond donors (Lipinski definition) is 2. The molecular weight excluding hydrogens is 362 g/mol. The van der Waals surface area contributed by atoms with Gasteiger partial charge in [0.1, 0.15) is 10.6 Å². The molecule has 0 unspecified atom stereocenters. The zero-order chi connectivity index (χ0) is 19.3. The minimum Gasteiger partial charge on any atom is -0.465 e. The average Bonchev–Trinajstić information content (AvgIpc) is 2.94. The number of esters is 1. The third-order valence-corrected chi connectivity index (χ3v) is 5.17. The fourth-order valence-electron chi connectivity index (χ4n) is 2.26. The summed E-state index contributed by atoms with van der Waals surface area (Å²) in [6.07, 6.45) is -0.0681. The van der Waals surface area contributed by atoms with Crippen molar-refractivity contribution >= 4 is 27.6 Å². The number of ether oxygens (including phenoxy) is 1. The first kappa shape index (κ1) is 19.6. The Morgan fingerprint density at radius 3 is 2.38 bits per heavy atom. The van der Waals surface area contributed by atoms with E-state index in [1.165, 1.54) is 33.1 Å². The highest BCUT2D eigenvalue weighted by Gasteiger charge is 2.23. The topological polar surface area (TPSA) is 128 Å². The van der Waals surface area contributed by atoms with E-state index in [2.05, 4.69) is 19.9 Å². The highest BCUT2D eigenvalue weighted by Crippen LogP contribution is 2.18. The predicted octanol–water partition coefficient (Wildman–Crippen LogP) is 1.39. The molecule has 0 aliphatic heterocycles. The van der Waals surface area contributed by atoms with E-state index in [0.717, 1.165) is 0 Å². The van der Waals surface area contributed by atoms with Gasteiger partial charge in [0, 0.05) is 18.7 Å². The number of rotatable bonds is 7. The van der Waals surface area contributed by atoms with Crippen LogP contribution in [0.25, 0.3) is 0 Å². The van der Waals surface area contributed by atoms with Crippen LogP contribution in [-0.2, 0) is 19.6 Å². The summed E-state index contributed by atoms with van der Waals surface area (Å²) < 4.78 is 36.2. The van der Waals surface area contributed by atoms with Crippen molar-refractivity contribution in [3.8, 4) is 0 Å². The average molecular weight is 381 g/mol. The monoisotopic (exact) mass is 381 g/mol. The summed E-state index contributed by atoms with van der Waals surface area (Å²) in [7, 11) is -2.52. The Balaban J connectivity index is 1.88. The molecule has 2 rings (SSSR count). The molecule has 0 bridgehead atoms. The van der Waals surface area contributed by atoms with Gasteiger partial charge in [0.05, 0.1) is 12.7 Å². The molecule has 0 aliphatic rings.